The minimum atomic E-state index is -3.80. The molecular weight excluding hydrogens is 330 g/mol. The van der Waals surface area contributed by atoms with Crippen LogP contribution in [0, 0.1) is 11.8 Å². The van der Waals surface area contributed by atoms with Gasteiger partial charge in [0.1, 0.15) is 9.09 Å². The zero-order valence-electron chi connectivity index (χ0n) is 12.2. The lowest BCUT2D eigenvalue weighted by molar-refractivity contribution is -0.143. The number of ether oxygens (including phenoxy) is 1. The SMILES string of the molecule is COC(=O)c1ccc(S(=O)(=O)N2CC(C)CC(C(=O)O)C2)s1. The summed E-state index contributed by atoms with van der Waals surface area (Å²) in [5, 5.41) is 9.14. The van der Waals surface area contributed by atoms with Crippen LogP contribution in [0.25, 0.3) is 0 Å². The van der Waals surface area contributed by atoms with Gasteiger partial charge in [-0.3, -0.25) is 4.79 Å². The van der Waals surface area contributed by atoms with Gasteiger partial charge in [0.25, 0.3) is 10.0 Å². The highest BCUT2D eigenvalue weighted by Gasteiger charge is 2.37. The molecule has 0 spiro atoms. The van der Waals surface area contributed by atoms with Gasteiger partial charge in [0.05, 0.1) is 13.0 Å². The number of sulfonamides is 1. The minimum absolute atomic E-state index is 0.0196. The molecule has 0 aliphatic carbocycles. The Bertz CT molecular complexity index is 680. The number of rotatable bonds is 4. The van der Waals surface area contributed by atoms with Crippen molar-refractivity contribution in [2.24, 2.45) is 11.8 Å². The number of esters is 1. The number of carbonyl (C=O) groups excluding carboxylic acids is 1. The van der Waals surface area contributed by atoms with E-state index in [1.54, 1.807) is 0 Å². The highest BCUT2D eigenvalue weighted by Crippen LogP contribution is 2.30. The summed E-state index contributed by atoms with van der Waals surface area (Å²) >= 11 is 0.825. The predicted molar refractivity (Wildman–Crippen MR) is 79.3 cm³/mol. The lowest BCUT2D eigenvalue weighted by Gasteiger charge is -2.33. The van der Waals surface area contributed by atoms with Gasteiger partial charge in [-0.05, 0) is 24.5 Å². The molecular formula is C13H17NO6S2. The van der Waals surface area contributed by atoms with Crippen LogP contribution < -0.4 is 0 Å². The highest BCUT2D eigenvalue weighted by atomic mass is 32.2. The van der Waals surface area contributed by atoms with Crippen LogP contribution >= 0.6 is 11.3 Å². The maximum absolute atomic E-state index is 12.6. The van der Waals surface area contributed by atoms with Crippen LogP contribution in [-0.2, 0) is 19.6 Å². The molecule has 0 radical (unpaired) electrons. The quantitative estimate of drug-likeness (QED) is 0.823. The summed E-state index contributed by atoms with van der Waals surface area (Å²) in [5.74, 6) is -2.33. The smallest absolute Gasteiger partial charge is 0.348 e. The molecule has 1 aromatic heterocycles. The number of hydrogen-bond acceptors (Lipinski definition) is 6. The van der Waals surface area contributed by atoms with Gasteiger partial charge in [-0.2, -0.15) is 4.31 Å². The molecule has 1 aliphatic heterocycles. The fraction of sp³-hybridized carbons (Fsp3) is 0.538. The second-order valence-corrected chi connectivity index (χ2v) is 8.56. The molecule has 122 valence electrons. The van der Waals surface area contributed by atoms with Crippen molar-refractivity contribution in [3.8, 4) is 0 Å². The van der Waals surface area contributed by atoms with Gasteiger partial charge in [-0.15, -0.1) is 11.3 Å². The zero-order chi connectivity index (χ0) is 16.5. The first-order chi connectivity index (χ1) is 10.3. The maximum Gasteiger partial charge on any atom is 0.348 e. The van der Waals surface area contributed by atoms with Gasteiger partial charge in [-0.1, -0.05) is 6.92 Å². The predicted octanol–water partition coefficient (Wildman–Crippen LogP) is 1.27. The fourth-order valence-electron chi connectivity index (χ4n) is 2.47. The largest absolute Gasteiger partial charge is 0.481 e. The molecule has 0 bridgehead atoms. The van der Waals surface area contributed by atoms with Crippen molar-refractivity contribution in [3.63, 3.8) is 0 Å². The van der Waals surface area contributed by atoms with Crippen LogP contribution in [0.4, 0.5) is 0 Å². The number of methoxy groups -OCH3 is 1. The van der Waals surface area contributed by atoms with Crippen LogP contribution in [0.3, 0.4) is 0 Å². The standard InChI is InChI=1S/C13H17NO6S2/c1-8-5-9(12(15)16)7-14(6-8)22(18,19)11-4-3-10(21-11)13(17)20-2/h3-4,8-9H,5-7H2,1-2H3,(H,15,16). The van der Waals surface area contributed by atoms with Crippen LogP contribution in [-0.4, -0.2) is 50.0 Å². The van der Waals surface area contributed by atoms with E-state index in [-0.39, 0.29) is 28.1 Å². The number of nitrogens with zero attached hydrogens (tertiary/aromatic N) is 1. The number of piperidine rings is 1. The first kappa shape index (κ1) is 16.9. The number of carbonyl (C=O) groups is 2. The van der Waals surface area contributed by atoms with Gasteiger partial charge in [-0.25, -0.2) is 13.2 Å². The number of carboxylic acids is 1. The maximum atomic E-state index is 12.6. The lowest BCUT2D eigenvalue weighted by Crippen LogP contribution is -2.45. The van der Waals surface area contributed by atoms with E-state index in [9.17, 15) is 18.0 Å². The summed E-state index contributed by atoms with van der Waals surface area (Å²) in [7, 11) is -2.58. The number of thiophene rings is 1. The van der Waals surface area contributed by atoms with E-state index in [0.717, 1.165) is 11.3 Å². The number of aliphatic carboxylic acids is 1. The lowest BCUT2D eigenvalue weighted by atomic mass is 9.92. The van der Waals surface area contributed by atoms with Gasteiger partial charge >= 0.3 is 11.9 Å². The van der Waals surface area contributed by atoms with Gasteiger partial charge in [0.2, 0.25) is 0 Å². The fourth-order valence-corrected chi connectivity index (χ4v) is 5.46. The van der Waals surface area contributed by atoms with Crippen LogP contribution in [0.5, 0.6) is 0 Å². The summed E-state index contributed by atoms with van der Waals surface area (Å²) in [6, 6.07) is 2.74. The topological polar surface area (TPSA) is 101 Å². The van der Waals surface area contributed by atoms with Crippen LogP contribution in [0.15, 0.2) is 16.3 Å². The second-order valence-electron chi connectivity index (χ2n) is 5.31. The third-order valence-electron chi connectivity index (χ3n) is 3.54. The van der Waals surface area contributed by atoms with E-state index in [1.165, 1.54) is 23.5 Å². The Hall–Kier alpha value is -1.45. The molecule has 0 amide bonds. The Labute approximate surface area is 132 Å². The van der Waals surface area contributed by atoms with Crippen molar-refractivity contribution in [1.29, 1.82) is 0 Å². The Balaban J connectivity index is 2.27. The van der Waals surface area contributed by atoms with Crippen LogP contribution in [0.2, 0.25) is 0 Å². The molecule has 0 saturated carbocycles. The molecule has 2 heterocycles. The molecule has 7 nitrogen and oxygen atoms in total. The monoisotopic (exact) mass is 347 g/mol. The molecule has 1 saturated heterocycles. The van der Waals surface area contributed by atoms with E-state index < -0.39 is 27.9 Å². The average Bonchev–Trinajstić information content (AvgIpc) is 2.96. The zero-order valence-corrected chi connectivity index (χ0v) is 13.8. The third kappa shape index (κ3) is 3.31. The summed E-state index contributed by atoms with van der Waals surface area (Å²) in [6.45, 7) is 2.05. The van der Waals surface area contributed by atoms with Crippen molar-refractivity contribution in [2.75, 3.05) is 20.2 Å². The Kier molecular flexibility index (Phi) is 4.88. The molecule has 1 N–H and O–H groups in total. The van der Waals surface area contributed by atoms with E-state index in [1.807, 2.05) is 6.92 Å². The summed E-state index contributed by atoms with van der Waals surface area (Å²) in [4.78, 5) is 22.8. The van der Waals surface area contributed by atoms with Gasteiger partial charge < -0.3 is 9.84 Å². The summed E-state index contributed by atoms with van der Waals surface area (Å²) < 4.78 is 31.0. The second kappa shape index (κ2) is 6.35. The van der Waals surface area contributed by atoms with Crippen LogP contribution in [0.1, 0.15) is 23.0 Å². The molecule has 2 unspecified atom stereocenters. The van der Waals surface area contributed by atoms with E-state index in [2.05, 4.69) is 4.74 Å². The minimum Gasteiger partial charge on any atom is -0.481 e. The van der Waals surface area contributed by atoms with Gasteiger partial charge in [0, 0.05) is 13.1 Å². The Morgan fingerprint density at radius 1 is 1.36 bits per heavy atom. The molecule has 22 heavy (non-hydrogen) atoms. The van der Waals surface area contributed by atoms with Crippen molar-refractivity contribution in [3.05, 3.63) is 17.0 Å². The molecule has 2 atom stereocenters. The molecule has 1 aliphatic rings. The summed E-state index contributed by atoms with van der Waals surface area (Å²) in [5.41, 5.74) is 0. The van der Waals surface area contributed by atoms with Crippen molar-refractivity contribution >= 4 is 33.3 Å². The van der Waals surface area contributed by atoms with Crippen molar-refractivity contribution < 1.29 is 27.9 Å². The Morgan fingerprint density at radius 2 is 2.05 bits per heavy atom. The third-order valence-corrected chi connectivity index (χ3v) is 6.90. The average molecular weight is 347 g/mol. The molecule has 9 heteroatoms. The first-order valence-electron chi connectivity index (χ1n) is 6.66. The number of carboxylic acid groups (broad SMARTS) is 1. The number of hydrogen-bond donors (Lipinski definition) is 1. The molecule has 1 aromatic rings. The highest BCUT2D eigenvalue weighted by molar-refractivity contribution is 7.91. The summed E-state index contributed by atoms with van der Waals surface area (Å²) in [6.07, 6.45) is 0.458. The molecule has 2 rings (SSSR count). The molecule has 0 aromatic carbocycles. The normalized spacial score (nSPS) is 23.2. The van der Waals surface area contributed by atoms with E-state index >= 15 is 0 Å². The van der Waals surface area contributed by atoms with Gasteiger partial charge in [0.15, 0.2) is 0 Å². The first-order valence-corrected chi connectivity index (χ1v) is 8.92. The molecule has 1 fully saturated rings. The van der Waals surface area contributed by atoms with E-state index in [4.69, 9.17) is 5.11 Å². The Morgan fingerprint density at radius 3 is 2.64 bits per heavy atom. The van der Waals surface area contributed by atoms with Crippen molar-refractivity contribution in [2.45, 2.75) is 17.6 Å². The van der Waals surface area contributed by atoms with E-state index in [0.29, 0.717) is 6.42 Å². The van der Waals surface area contributed by atoms with Crippen molar-refractivity contribution in [1.82, 2.24) is 4.31 Å².